The Bertz CT molecular complexity index is 1750. The van der Waals surface area contributed by atoms with Gasteiger partial charge in [-0.15, -0.1) is 0 Å². The van der Waals surface area contributed by atoms with Gasteiger partial charge in [0.15, 0.2) is 12.2 Å². The van der Waals surface area contributed by atoms with Gasteiger partial charge in [-0.25, -0.2) is 9.13 Å². The minimum Gasteiger partial charge on any atom is -0.462 e. The Morgan fingerprint density at radius 1 is 0.300 bits per heavy atom. The summed E-state index contributed by atoms with van der Waals surface area (Å²) in [7, 11) is -9.89. The van der Waals surface area contributed by atoms with Crippen LogP contribution in [0, 0.1) is 11.8 Å². The van der Waals surface area contributed by atoms with Crippen LogP contribution in [-0.4, -0.2) is 96.7 Å². The van der Waals surface area contributed by atoms with Crippen molar-refractivity contribution in [3.63, 3.8) is 0 Å². The van der Waals surface area contributed by atoms with Crippen molar-refractivity contribution in [2.45, 2.75) is 381 Å². The van der Waals surface area contributed by atoms with Crippen molar-refractivity contribution in [2.24, 2.45) is 11.8 Å². The number of hydrogen-bond donors (Lipinski definition) is 3. The predicted molar refractivity (Wildman–Crippen MR) is 363 cm³/mol. The summed E-state index contributed by atoms with van der Waals surface area (Å²) in [5, 5.41) is 10.6. The summed E-state index contributed by atoms with van der Waals surface area (Å²) >= 11 is 0. The molecule has 0 aliphatic rings. The first kappa shape index (κ1) is 88.1. The zero-order valence-corrected chi connectivity index (χ0v) is 60.2. The Labute approximate surface area is 549 Å². The molecule has 0 saturated heterocycles. The highest BCUT2D eigenvalue weighted by Crippen LogP contribution is 2.45. The standard InChI is InChI=1S/C71H138O17P2/c1-7-9-11-13-15-16-30-37-43-49-55-70(75)87-66(59-81-68(73)53-47-41-33-14-12-10-8-2)61-85-89(77,78)83-57-65(72)58-84-90(79,80)86-62-67(60-82-69(74)54-48-42-36-31-27-23-25-29-35-40-46-52-64(5)6)88-71(76)56-50-44-38-32-26-22-20-18-17-19-21-24-28-34-39-45-51-63(3)4/h63-67,72H,7-62H2,1-6H3,(H,77,78)(H,79,80)/t65-,66+,67+/m0/s1. The third-order valence-electron chi connectivity index (χ3n) is 16.5. The zero-order valence-electron chi connectivity index (χ0n) is 58.4. The molecule has 0 aliphatic heterocycles. The quantitative estimate of drug-likeness (QED) is 0.0222. The third-order valence-corrected chi connectivity index (χ3v) is 18.4. The SMILES string of the molecule is CCCCCCCCCCCCC(=O)O[C@H](COC(=O)CCCCCCCCC)COP(=O)(O)OC[C@H](O)COP(=O)(O)OC[C@@H](COC(=O)CCCCCCCCCCCCCC(C)C)OC(=O)CCCCCCCCCCCCCCCCCCC(C)C. The number of carbonyl (C=O) groups is 4. The highest BCUT2D eigenvalue weighted by atomic mass is 31.2. The van der Waals surface area contributed by atoms with Crippen LogP contribution in [0.4, 0.5) is 0 Å². The number of hydrogen-bond acceptors (Lipinski definition) is 15. The molecule has 0 rings (SSSR count). The van der Waals surface area contributed by atoms with E-state index in [1.165, 1.54) is 167 Å². The fraction of sp³-hybridized carbons (Fsp3) is 0.944. The summed E-state index contributed by atoms with van der Waals surface area (Å²) in [4.78, 5) is 72.4. The van der Waals surface area contributed by atoms with Crippen molar-refractivity contribution in [1.29, 1.82) is 0 Å². The van der Waals surface area contributed by atoms with Crippen molar-refractivity contribution in [3.05, 3.63) is 0 Å². The van der Waals surface area contributed by atoms with Crippen LogP contribution in [0.5, 0.6) is 0 Å². The van der Waals surface area contributed by atoms with Crippen LogP contribution >= 0.6 is 15.6 Å². The fourth-order valence-electron chi connectivity index (χ4n) is 10.8. The second-order valence-electron chi connectivity index (χ2n) is 26.6. The number of rotatable bonds is 70. The molecule has 19 heteroatoms. The maximum atomic E-state index is 13.0. The molecule has 17 nitrogen and oxygen atoms in total. The lowest BCUT2D eigenvalue weighted by molar-refractivity contribution is -0.161. The van der Waals surface area contributed by atoms with E-state index in [1.54, 1.807) is 0 Å². The second kappa shape index (κ2) is 63.1. The monoisotopic (exact) mass is 1320 g/mol. The Balaban J connectivity index is 5.18. The van der Waals surface area contributed by atoms with Crippen LogP contribution < -0.4 is 0 Å². The van der Waals surface area contributed by atoms with E-state index in [2.05, 4.69) is 41.5 Å². The molecule has 0 saturated carbocycles. The first-order valence-corrected chi connectivity index (χ1v) is 40.0. The molecule has 2 unspecified atom stereocenters. The molecule has 90 heavy (non-hydrogen) atoms. The van der Waals surface area contributed by atoms with Crippen molar-refractivity contribution in [1.82, 2.24) is 0 Å². The van der Waals surface area contributed by atoms with E-state index in [9.17, 15) is 43.2 Å². The molecule has 0 aromatic rings. The number of aliphatic hydroxyl groups is 1. The maximum absolute atomic E-state index is 13.0. The van der Waals surface area contributed by atoms with Crippen molar-refractivity contribution >= 4 is 39.5 Å². The fourth-order valence-corrected chi connectivity index (χ4v) is 12.3. The molecule has 534 valence electrons. The molecule has 0 spiro atoms. The van der Waals surface area contributed by atoms with Gasteiger partial charge >= 0.3 is 39.5 Å². The van der Waals surface area contributed by atoms with Gasteiger partial charge in [-0.05, 0) is 37.5 Å². The molecule has 5 atom stereocenters. The Kier molecular flexibility index (Phi) is 61.8. The van der Waals surface area contributed by atoms with E-state index >= 15 is 0 Å². The van der Waals surface area contributed by atoms with Crippen LogP contribution in [0.1, 0.15) is 363 Å². The van der Waals surface area contributed by atoms with E-state index in [0.717, 1.165) is 115 Å². The molecule has 0 amide bonds. The van der Waals surface area contributed by atoms with Crippen molar-refractivity contribution < 1.29 is 80.2 Å². The summed E-state index contributed by atoms with van der Waals surface area (Å²) in [5.74, 6) is -0.547. The Hall–Kier alpha value is -1.94. The van der Waals surface area contributed by atoms with Gasteiger partial charge in [0, 0.05) is 25.7 Å². The topological polar surface area (TPSA) is 237 Å². The molecule has 0 radical (unpaired) electrons. The number of aliphatic hydroxyl groups excluding tert-OH is 1. The minimum absolute atomic E-state index is 0.106. The first-order valence-electron chi connectivity index (χ1n) is 37.0. The minimum atomic E-state index is -4.95. The molecule has 3 N–H and O–H groups in total. The van der Waals surface area contributed by atoms with Crippen LogP contribution in [-0.2, 0) is 65.4 Å². The largest absolute Gasteiger partial charge is 0.472 e. The second-order valence-corrected chi connectivity index (χ2v) is 29.5. The zero-order chi connectivity index (χ0) is 66.5. The van der Waals surface area contributed by atoms with Gasteiger partial charge in [0.05, 0.1) is 26.4 Å². The van der Waals surface area contributed by atoms with Gasteiger partial charge < -0.3 is 33.8 Å². The van der Waals surface area contributed by atoms with Crippen LogP contribution in [0.2, 0.25) is 0 Å². The molecular formula is C71H138O17P2. The highest BCUT2D eigenvalue weighted by molar-refractivity contribution is 7.47. The maximum Gasteiger partial charge on any atom is 0.472 e. The van der Waals surface area contributed by atoms with Crippen LogP contribution in [0.25, 0.3) is 0 Å². The number of carbonyl (C=O) groups excluding carboxylic acids is 4. The lowest BCUT2D eigenvalue weighted by Crippen LogP contribution is -2.30. The molecule has 0 bridgehead atoms. The third kappa shape index (κ3) is 64.8. The number of phosphoric acid groups is 2. The summed E-state index contributed by atoms with van der Waals surface area (Å²) in [6, 6.07) is 0. The number of phosphoric ester groups is 2. The molecular weight excluding hydrogens is 1190 g/mol. The van der Waals surface area contributed by atoms with Gasteiger partial charge in [0.25, 0.3) is 0 Å². The average Bonchev–Trinajstić information content (AvgIpc) is 3.05. The van der Waals surface area contributed by atoms with Gasteiger partial charge in [0.2, 0.25) is 0 Å². The molecule has 0 heterocycles. The number of unbranched alkanes of at least 4 members (excludes halogenated alkanes) is 40. The van der Waals surface area contributed by atoms with Crippen LogP contribution in [0.3, 0.4) is 0 Å². The number of ether oxygens (including phenoxy) is 4. The van der Waals surface area contributed by atoms with E-state index in [4.69, 9.17) is 37.0 Å². The molecule has 0 aromatic heterocycles. The van der Waals surface area contributed by atoms with E-state index < -0.39 is 97.5 Å². The summed E-state index contributed by atoms with van der Waals surface area (Å²) < 4.78 is 68.2. The van der Waals surface area contributed by atoms with Gasteiger partial charge in [-0.3, -0.25) is 37.3 Å². The Morgan fingerprint density at radius 2 is 0.511 bits per heavy atom. The van der Waals surface area contributed by atoms with Crippen molar-refractivity contribution in [2.75, 3.05) is 39.6 Å². The van der Waals surface area contributed by atoms with Crippen LogP contribution in [0.15, 0.2) is 0 Å². The summed E-state index contributed by atoms with van der Waals surface area (Å²) in [6.45, 7) is 9.54. The van der Waals surface area contributed by atoms with Gasteiger partial charge in [-0.1, -0.05) is 311 Å². The number of esters is 4. The average molecular weight is 1330 g/mol. The predicted octanol–water partition coefficient (Wildman–Crippen LogP) is 20.4. The highest BCUT2D eigenvalue weighted by Gasteiger charge is 2.30. The van der Waals surface area contributed by atoms with E-state index in [1.807, 2.05) is 0 Å². The normalized spacial score (nSPS) is 14.1. The Morgan fingerprint density at radius 3 is 0.756 bits per heavy atom. The smallest absolute Gasteiger partial charge is 0.462 e. The molecule has 0 fully saturated rings. The van der Waals surface area contributed by atoms with E-state index in [0.29, 0.717) is 25.7 Å². The lowest BCUT2D eigenvalue weighted by atomic mass is 10.0. The summed E-state index contributed by atoms with van der Waals surface area (Å²) in [6.07, 6.45) is 48.7. The van der Waals surface area contributed by atoms with Gasteiger partial charge in [0.1, 0.15) is 19.3 Å². The lowest BCUT2D eigenvalue weighted by Gasteiger charge is -2.21. The summed E-state index contributed by atoms with van der Waals surface area (Å²) in [5.41, 5.74) is 0. The van der Waals surface area contributed by atoms with Gasteiger partial charge in [-0.2, -0.15) is 0 Å². The molecule has 0 aromatic carbocycles. The van der Waals surface area contributed by atoms with Crippen molar-refractivity contribution in [3.8, 4) is 0 Å². The first-order chi connectivity index (χ1) is 43.4. The molecule has 0 aliphatic carbocycles. The van der Waals surface area contributed by atoms with E-state index in [-0.39, 0.29) is 25.7 Å².